The van der Waals surface area contributed by atoms with Crippen molar-refractivity contribution in [3.05, 3.63) is 22.2 Å². The quantitative estimate of drug-likeness (QED) is 0.693. The second-order valence-electron chi connectivity index (χ2n) is 4.56. The van der Waals surface area contributed by atoms with Crippen molar-refractivity contribution < 1.29 is 13.5 Å². The van der Waals surface area contributed by atoms with Crippen LogP contribution in [-0.2, 0) is 10.0 Å². The molecule has 5 nitrogen and oxygen atoms in total. The fourth-order valence-electron chi connectivity index (χ4n) is 1.53. The van der Waals surface area contributed by atoms with E-state index in [1.807, 2.05) is 0 Å². The van der Waals surface area contributed by atoms with Gasteiger partial charge in [0.2, 0.25) is 10.0 Å². The molecule has 0 spiro atoms. The minimum Gasteiger partial charge on any atom is -0.396 e. The highest BCUT2D eigenvalue weighted by molar-refractivity contribution is 7.89. The van der Waals surface area contributed by atoms with Gasteiger partial charge in [0, 0.05) is 6.54 Å². The third-order valence-corrected chi connectivity index (χ3v) is 5.28. The number of rotatable bonds is 6. The Balaban J connectivity index is 3.01. The molecule has 0 saturated carbocycles. The maximum Gasteiger partial charge on any atom is 0.240 e. The lowest BCUT2D eigenvalue weighted by Crippen LogP contribution is -2.41. The Kier molecular flexibility index (Phi) is 5.69. The van der Waals surface area contributed by atoms with Crippen molar-refractivity contribution in [1.29, 1.82) is 0 Å². The van der Waals surface area contributed by atoms with Gasteiger partial charge in [-0.3, -0.25) is 0 Å². The first-order chi connectivity index (χ1) is 9.15. The van der Waals surface area contributed by atoms with Crippen molar-refractivity contribution >= 4 is 38.9 Å². The molecule has 1 rings (SSSR count). The predicted octanol–water partition coefficient (Wildman–Crippen LogP) is 2.41. The van der Waals surface area contributed by atoms with Gasteiger partial charge in [0.1, 0.15) is 0 Å². The maximum absolute atomic E-state index is 12.1. The molecule has 1 aromatic carbocycles. The van der Waals surface area contributed by atoms with Crippen molar-refractivity contribution in [2.75, 3.05) is 12.3 Å². The highest BCUT2D eigenvalue weighted by Crippen LogP contribution is 2.30. The van der Waals surface area contributed by atoms with Crippen LogP contribution in [0.2, 0.25) is 10.0 Å². The molecule has 0 aliphatic heterocycles. The molecule has 0 aromatic heterocycles. The third-order valence-electron chi connectivity index (χ3n) is 3.27. The Morgan fingerprint density at radius 3 is 2.10 bits per heavy atom. The lowest BCUT2D eigenvalue weighted by atomic mass is 9.98. The van der Waals surface area contributed by atoms with Crippen LogP contribution in [0, 0.1) is 0 Å². The molecular formula is C12H18Cl2N2O3S. The number of hydrogen-bond acceptors (Lipinski definition) is 4. The van der Waals surface area contributed by atoms with E-state index in [-0.39, 0.29) is 27.2 Å². The van der Waals surface area contributed by atoms with Crippen LogP contribution in [0.5, 0.6) is 0 Å². The zero-order valence-corrected chi connectivity index (χ0v) is 13.6. The van der Waals surface area contributed by atoms with Crippen molar-refractivity contribution in [3.8, 4) is 0 Å². The van der Waals surface area contributed by atoms with E-state index in [0.29, 0.717) is 12.8 Å². The van der Waals surface area contributed by atoms with Gasteiger partial charge >= 0.3 is 0 Å². The number of halogens is 2. The van der Waals surface area contributed by atoms with Gasteiger partial charge in [-0.05, 0) is 25.0 Å². The molecule has 114 valence electrons. The van der Waals surface area contributed by atoms with E-state index in [0.717, 1.165) is 0 Å². The van der Waals surface area contributed by atoms with Gasteiger partial charge in [-0.2, -0.15) is 0 Å². The number of hydrogen-bond donors (Lipinski definition) is 3. The van der Waals surface area contributed by atoms with Gasteiger partial charge in [-0.1, -0.05) is 37.0 Å². The van der Waals surface area contributed by atoms with E-state index < -0.39 is 15.6 Å². The number of benzene rings is 1. The average Bonchev–Trinajstić information content (AvgIpc) is 2.41. The van der Waals surface area contributed by atoms with Crippen molar-refractivity contribution in [1.82, 2.24) is 4.72 Å². The summed E-state index contributed by atoms with van der Waals surface area (Å²) in [5.41, 5.74) is 4.62. The minimum atomic E-state index is -3.81. The molecule has 0 fully saturated rings. The lowest BCUT2D eigenvalue weighted by Gasteiger charge is -2.25. The van der Waals surface area contributed by atoms with Crippen LogP contribution in [0.15, 0.2) is 17.0 Å². The van der Waals surface area contributed by atoms with Gasteiger partial charge in [0.05, 0.1) is 26.2 Å². The van der Waals surface area contributed by atoms with Crippen LogP contribution in [0.25, 0.3) is 0 Å². The van der Waals surface area contributed by atoms with E-state index in [1.165, 1.54) is 12.1 Å². The Bertz CT molecular complexity index is 563. The lowest BCUT2D eigenvalue weighted by molar-refractivity contribution is 0.0377. The Morgan fingerprint density at radius 1 is 1.25 bits per heavy atom. The molecule has 4 N–H and O–H groups in total. The van der Waals surface area contributed by atoms with Crippen molar-refractivity contribution in [2.45, 2.75) is 37.2 Å². The van der Waals surface area contributed by atoms with Crippen LogP contribution in [0.4, 0.5) is 5.69 Å². The summed E-state index contributed by atoms with van der Waals surface area (Å²) in [7, 11) is -3.81. The fraction of sp³-hybridized carbons (Fsp3) is 0.500. The molecule has 0 unspecified atom stereocenters. The fourth-order valence-corrected chi connectivity index (χ4v) is 3.32. The van der Waals surface area contributed by atoms with Crippen molar-refractivity contribution in [2.24, 2.45) is 0 Å². The summed E-state index contributed by atoms with van der Waals surface area (Å²) in [5, 5.41) is 10.2. The summed E-state index contributed by atoms with van der Waals surface area (Å²) in [4.78, 5) is -0.0868. The molecule has 0 aliphatic carbocycles. The number of aliphatic hydroxyl groups is 1. The molecule has 0 aliphatic rings. The maximum atomic E-state index is 12.1. The first-order valence-electron chi connectivity index (χ1n) is 6.11. The summed E-state index contributed by atoms with van der Waals surface area (Å²) in [6, 6.07) is 2.45. The molecular weight excluding hydrogens is 323 g/mol. The first kappa shape index (κ1) is 17.5. The van der Waals surface area contributed by atoms with E-state index in [2.05, 4.69) is 4.72 Å². The Morgan fingerprint density at radius 2 is 1.70 bits per heavy atom. The summed E-state index contributed by atoms with van der Waals surface area (Å²) in [5.74, 6) is 0. The second-order valence-corrected chi connectivity index (χ2v) is 7.14. The molecule has 1 aromatic rings. The molecule has 0 atom stereocenters. The molecule has 0 radical (unpaired) electrons. The minimum absolute atomic E-state index is 0.0686. The summed E-state index contributed by atoms with van der Waals surface area (Å²) < 4.78 is 26.6. The Labute approximate surface area is 129 Å². The van der Waals surface area contributed by atoms with Crippen LogP contribution in [-0.4, -0.2) is 25.7 Å². The van der Waals surface area contributed by atoms with Gasteiger partial charge in [0.25, 0.3) is 0 Å². The smallest absolute Gasteiger partial charge is 0.240 e. The normalized spacial score (nSPS) is 12.7. The van der Waals surface area contributed by atoms with Crippen LogP contribution < -0.4 is 10.5 Å². The zero-order chi connectivity index (χ0) is 15.6. The van der Waals surface area contributed by atoms with Gasteiger partial charge in [-0.25, -0.2) is 13.1 Å². The molecule has 0 heterocycles. The molecule has 20 heavy (non-hydrogen) atoms. The number of sulfonamides is 1. The van der Waals surface area contributed by atoms with Gasteiger partial charge in [-0.15, -0.1) is 0 Å². The average molecular weight is 341 g/mol. The highest BCUT2D eigenvalue weighted by atomic mass is 35.5. The largest absolute Gasteiger partial charge is 0.396 e. The van der Waals surface area contributed by atoms with E-state index in [4.69, 9.17) is 28.9 Å². The van der Waals surface area contributed by atoms with Crippen LogP contribution >= 0.6 is 23.2 Å². The van der Waals surface area contributed by atoms with Gasteiger partial charge < -0.3 is 10.8 Å². The van der Waals surface area contributed by atoms with E-state index in [1.54, 1.807) is 13.8 Å². The number of nitrogens with one attached hydrogen (secondary N) is 1. The third kappa shape index (κ3) is 3.99. The summed E-state index contributed by atoms with van der Waals surface area (Å²) in [6.07, 6.45) is 0.880. The SMILES string of the molecule is CCC(O)(CC)CNS(=O)(=O)c1cc(Cl)c(N)c(Cl)c1. The first-order valence-corrected chi connectivity index (χ1v) is 8.35. The molecule has 0 bridgehead atoms. The number of nitrogen functional groups attached to an aromatic ring is 1. The molecule has 0 saturated heterocycles. The molecule has 0 amide bonds. The zero-order valence-electron chi connectivity index (χ0n) is 11.3. The van der Waals surface area contributed by atoms with Gasteiger partial charge in [0.15, 0.2) is 0 Å². The second kappa shape index (κ2) is 6.49. The Hall–Kier alpha value is -0.530. The molecule has 8 heteroatoms. The van der Waals surface area contributed by atoms with Crippen molar-refractivity contribution in [3.63, 3.8) is 0 Å². The number of nitrogens with two attached hydrogens (primary N) is 1. The summed E-state index contributed by atoms with van der Waals surface area (Å²) >= 11 is 11.6. The van der Waals surface area contributed by atoms with E-state index >= 15 is 0 Å². The number of anilines is 1. The predicted molar refractivity (Wildman–Crippen MR) is 81.6 cm³/mol. The van der Waals surface area contributed by atoms with E-state index in [9.17, 15) is 13.5 Å². The monoisotopic (exact) mass is 340 g/mol. The standard InChI is InChI=1S/C12H18Cl2N2O3S/c1-3-12(17,4-2)7-16-20(18,19)8-5-9(13)11(15)10(14)6-8/h5-6,16-17H,3-4,7,15H2,1-2H3. The highest BCUT2D eigenvalue weighted by Gasteiger charge is 2.26. The van der Waals surface area contributed by atoms with Crippen LogP contribution in [0.1, 0.15) is 26.7 Å². The van der Waals surface area contributed by atoms with Crippen LogP contribution in [0.3, 0.4) is 0 Å². The topological polar surface area (TPSA) is 92.4 Å². The summed E-state index contributed by atoms with van der Waals surface area (Å²) in [6.45, 7) is 3.49.